The molecule has 0 radical (unpaired) electrons. The molecule has 38 heavy (non-hydrogen) atoms. The topological polar surface area (TPSA) is 89.2 Å². The predicted octanol–water partition coefficient (Wildman–Crippen LogP) is 6.57. The molecule has 1 aliphatic heterocycles. The Morgan fingerprint density at radius 2 is 1.66 bits per heavy atom. The number of alkyl halides is 1. The normalized spacial score (nSPS) is 20.0. The molecule has 3 rings (SSSR count). The monoisotopic (exact) mass is 563 g/mol. The molecule has 0 saturated carbocycles. The van der Waals surface area contributed by atoms with Crippen molar-refractivity contribution in [3.05, 3.63) is 92.9 Å². The van der Waals surface area contributed by atoms with E-state index in [0.717, 1.165) is 53.2 Å². The number of primary amides is 1. The van der Waals surface area contributed by atoms with E-state index in [1.165, 1.54) is 5.57 Å². The third kappa shape index (κ3) is 9.19. The summed E-state index contributed by atoms with van der Waals surface area (Å²) in [5, 5.41) is 0.879. The highest BCUT2D eigenvalue weighted by molar-refractivity contribution is 8.02. The minimum atomic E-state index is -0.411. The molecule has 7 nitrogen and oxygen atoms in total. The van der Waals surface area contributed by atoms with Gasteiger partial charge in [0.2, 0.25) is 5.91 Å². The van der Waals surface area contributed by atoms with Gasteiger partial charge in [0.05, 0.1) is 34.2 Å². The van der Waals surface area contributed by atoms with Gasteiger partial charge in [0.25, 0.3) is 0 Å². The zero-order valence-corrected chi connectivity index (χ0v) is 24.4. The molecule has 2 aliphatic rings. The Balaban J connectivity index is 0.000000384. The zero-order valence-electron chi connectivity index (χ0n) is 22.8. The molecule has 1 aliphatic carbocycles. The number of carbonyl (C=O) groups is 1. The maximum absolute atomic E-state index is 10.6. The molecule has 9 heteroatoms. The lowest BCUT2D eigenvalue weighted by Gasteiger charge is -2.19. The van der Waals surface area contributed by atoms with Gasteiger partial charge in [0, 0.05) is 30.5 Å². The first kappa shape index (κ1) is 31.4. The van der Waals surface area contributed by atoms with Crippen molar-refractivity contribution in [1.29, 1.82) is 0 Å². The van der Waals surface area contributed by atoms with Crippen LogP contribution >= 0.6 is 23.4 Å². The molecule has 1 heterocycles. The maximum atomic E-state index is 10.6. The Bertz CT molecular complexity index is 1090. The predicted molar refractivity (Wildman–Crippen MR) is 153 cm³/mol. The SMILES string of the molecule is COC/C1=C(OC)/C(OC)=C(/OC)CC2=CC=C(SC)OC=C2CCCC1.NC(=O)c1ccc(CCl)cc1. The molecule has 0 spiro atoms. The number of halogens is 1. The number of benzene rings is 1. The number of hydrogen-bond donors (Lipinski definition) is 1. The van der Waals surface area contributed by atoms with Crippen LogP contribution < -0.4 is 5.73 Å². The number of carbonyl (C=O) groups excluding carboxylic acids is 1. The van der Waals surface area contributed by atoms with E-state index < -0.39 is 5.91 Å². The number of methoxy groups -OCH3 is 4. The van der Waals surface area contributed by atoms with E-state index in [-0.39, 0.29) is 0 Å². The summed E-state index contributed by atoms with van der Waals surface area (Å²) in [4.78, 5) is 10.6. The average molecular weight is 564 g/mol. The minimum Gasteiger partial charge on any atom is -0.497 e. The van der Waals surface area contributed by atoms with Gasteiger partial charge >= 0.3 is 0 Å². The smallest absolute Gasteiger partial charge is 0.248 e. The van der Waals surface area contributed by atoms with E-state index in [4.69, 9.17) is 41.0 Å². The average Bonchev–Trinajstić information content (AvgIpc) is 3.15. The van der Waals surface area contributed by atoms with E-state index in [0.29, 0.717) is 36.0 Å². The molecule has 0 saturated heterocycles. The van der Waals surface area contributed by atoms with Gasteiger partial charge in [0.15, 0.2) is 16.6 Å². The van der Waals surface area contributed by atoms with Gasteiger partial charge in [-0.2, -0.15) is 0 Å². The van der Waals surface area contributed by atoms with E-state index in [2.05, 4.69) is 6.08 Å². The highest BCUT2D eigenvalue weighted by Gasteiger charge is 2.23. The Hall–Kier alpha value is -2.81. The van der Waals surface area contributed by atoms with Crippen LogP contribution in [0.1, 0.15) is 48.0 Å². The van der Waals surface area contributed by atoms with Crippen LogP contribution in [0.5, 0.6) is 0 Å². The zero-order chi connectivity index (χ0) is 27.9. The quantitative estimate of drug-likeness (QED) is 0.358. The van der Waals surface area contributed by atoms with Crippen molar-refractivity contribution in [3.8, 4) is 0 Å². The number of amides is 1. The number of ether oxygens (including phenoxy) is 5. The third-order valence-corrected chi connectivity index (χ3v) is 6.97. The molecule has 0 bridgehead atoms. The summed E-state index contributed by atoms with van der Waals surface area (Å²) in [5.41, 5.74) is 9.96. The molecule has 0 aromatic heterocycles. The van der Waals surface area contributed by atoms with Crippen molar-refractivity contribution < 1.29 is 28.5 Å². The molecule has 2 N–H and O–H groups in total. The van der Waals surface area contributed by atoms with Crippen molar-refractivity contribution >= 4 is 29.3 Å². The molecule has 1 amide bonds. The highest BCUT2D eigenvalue weighted by Crippen LogP contribution is 2.34. The minimum absolute atomic E-state index is 0.411. The molecule has 0 atom stereocenters. The van der Waals surface area contributed by atoms with Crippen molar-refractivity contribution in [3.63, 3.8) is 0 Å². The molecule has 0 fully saturated rings. The fraction of sp³-hybridized carbons (Fsp3) is 0.414. The van der Waals surface area contributed by atoms with Crippen molar-refractivity contribution in [2.24, 2.45) is 5.73 Å². The molecule has 1 aromatic carbocycles. The first-order valence-electron chi connectivity index (χ1n) is 12.2. The number of thioether (sulfide) groups is 1. The van der Waals surface area contributed by atoms with E-state index in [1.807, 2.05) is 18.6 Å². The summed E-state index contributed by atoms with van der Waals surface area (Å²) in [7, 11) is 6.66. The van der Waals surface area contributed by atoms with Gasteiger partial charge in [-0.3, -0.25) is 4.79 Å². The fourth-order valence-corrected chi connectivity index (χ4v) is 4.54. The molecular weight excluding hydrogens is 526 g/mol. The van der Waals surface area contributed by atoms with Gasteiger partial charge in [-0.25, -0.2) is 0 Å². The summed E-state index contributed by atoms with van der Waals surface area (Å²) in [6, 6.07) is 6.90. The second-order valence-electron chi connectivity index (χ2n) is 8.45. The van der Waals surface area contributed by atoms with Gasteiger partial charge in [-0.1, -0.05) is 30.0 Å². The largest absolute Gasteiger partial charge is 0.497 e. The summed E-state index contributed by atoms with van der Waals surface area (Å²) in [6.07, 6.45) is 12.5. The molecule has 1 aromatic rings. The lowest BCUT2D eigenvalue weighted by atomic mass is 9.97. The van der Waals surface area contributed by atoms with Crippen LogP contribution in [0.15, 0.2) is 81.8 Å². The van der Waals surface area contributed by atoms with Gasteiger partial charge in [-0.15, -0.1) is 11.6 Å². The Morgan fingerprint density at radius 3 is 2.21 bits per heavy atom. The van der Waals surface area contributed by atoms with Crippen molar-refractivity contribution in [2.75, 3.05) is 41.3 Å². The van der Waals surface area contributed by atoms with E-state index >= 15 is 0 Å². The maximum Gasteiger partial charge on any atom is 0.248 e. The van der Waals surface area contributed by atoms with Crippen LogP contribution in [-0.4, -0.2) is 47.2 Å². The molecule has 0 unspecified atom stereocenters. The van der Waals surface area contributed by atoms with E-state index in [9.17, 15) is 4.79 Å². The van der Waals surface area contributed by atoms with Gasteiger partial charge in [0.1, 0.15) is 5.76 Å². The summed E-state index contributed by atoms with van der Waals surface area (Å²) < 4.78 is 28.4. The number of fused-ring (bicyclic) bond motifs is 1. The van der Waals surface area contributed by atoms with Gasteiger partial charge < -0.3 is 29.4 Å². The number of hydrogen-bond acceptors (Lipinski definition) is 7. The lowest BCUT2D eigenvalue weighted by molar-refractivity contribution is 0.1000. The Labute approximate surface area is 235 Å². The summed E-state index contributed by atoms with van der Waals surface area (Å²) in [5.74, 6) is 2.09. The van der Waals surface area contributed by atoms with Crippen LogP contribution in [0.2, 0.25) is 0 Å². The third-order valence-electron chi connectivity index (χ3n) is 6.02. The van der Waals surface area contributed by atoms with Crippen LogP contribution in [0.3, 0.4) is 0 Å². The number of allylic oxidation sites excluding steroid dienone is 4. The number of rotatable bonds is 8. The summed E-state index contributed by atoms with van der Waals surface area (Å²) >= 11 is 7.13. The van der Waals surface area contributed by atoms with Crippen LogP contribution in [0.25, 0.3) is 0 Å². The molecule has 208 valence electrons. The van der Waals surface area contributed by atoms with Crippen LogP contribution in [0, 0.1) is 0 Å². The van der Waals surface area contributed by atoms with Crippen LogP contribution in [0.4, 0.5) is 0 Å². The Kier molecular flexibility index (Phi) is 14.0. The standard InChI is InChI=1S/C21H30O5S.C8H8ClNO/c1-22-13-17-9-7-6-8-16-14-26-19(27-5)11-10-15(16)12-18(23-2)21(25-4)20(17)24-3;9-5-6-1-3-7(4-2-6)8(10)11/h10-11,14H,6-9,12-13H2,1-5H3;1-4H,5H2,(H2,10,11)/b20-17-,21-18-;. The second kappa shape index (κ2) is 16.9. The van der Waals surface area contributed by atoms with Crippen LogP contribution in [-0.2, 0) is 29.6 Å². The lowest BCUT2D eigenvalue weighted by Crippen LogP contribution is -2.10. The first-order chi connectivity index (χ1) is 18.4. The first-order valence-corrected chi connectivity index (χ1v) is 14.0. The highest BCUT2D eigenvalue weighted by atomic mass is 35.5. The Morgan fingerprint density at radius 1 is 0.974 bits per heavy atom. The second-order valence-corrected chi connectivity index (χ2v) is 9.53. The fourth-order valence-electron chi connectivity index (χ4n) is 4.01. The van der Waals surface area contributed by atoms with Crippen molar-refractivity contribution in [2.45, 2.75) is 38.0 Å². The van der Waals surface area contributed by atoms with Gasteiger partial charge in [-0.05, 0) is 66.9 Å². The van der Waals surface area contributed by atoms with Crippen molar-refractivity contribution in [1.82, 2.24) is 0 Å². The summed E-state index contributed by atoms with van der Waals surface area (Å²) in [6.45, 7) is 0.501. The van der Waals surface area contributed by atoms with E-state index in [1.54, 1.807) is 64.5 Å². The molecular formula is C29H38ClNO6S. The number of nitrogens with two attached hydrogens (primary N) is 1.